The average molecular weight is 480 g/mol. The Morgan fingerprint density at radius 3 is 1.61 bits per heavy atom. The minimum atomic E-state index is -1.84. The summed E-state index contributed by atoms with van der Waals surface area (Å²) in [6.07, 6.45) is -14.0. The number of hydrogen-bond donors (Lipinski definition) is 10. The Morgan fingerprint density at radius 1 is 0.727 bits per heavy atom. The minimum Gasteiger partial charge on any atom is -0.492 e. The maximum Gasteiger partial charge on any atom is 0.119 e. The number of rotatable bonds is 16. The summed E-state index contributed by atoms with van der Waals surface area (Å²) < 4.78 is 5.63. The van der Waals surface area contributed by atoms with Gasteiger partial charge in [0, 0.05) is 19.6 Å². The fourth-order valence-electron chi connectivity index (χ4n) is 3.13. The molecule has 10 N–H and O–H groups in total. The minimum absolute atomic E-state index is 0.0682. The van der Waals surface area contributed by atoms with Gasteiger partial charge in [-0.3, -0.25) is 4.90 Å². The van der Waals surface area contributed by atoms with Gasteiger partial charge < -0.3 is 55.8 Å². The van der Waals surface area contributed by atoms with Gasteiger partial charge in [0.2, 0.25) is 0 Å². The third-order valence-electron chi connectivity index (χ3n) is 5.21. The maximum atomic E-state index is 10.3. The molecule has 0 amide bonds. The van der Waals surface area contributed by atoms with E-state index in [1.807, 2.05) is 13.0 Å². The van der Waals surface area contributed by atoms with E-state index in [0.29, 0.717) is 5.75 Å². The van der Waals surface area contributed by atoms with E-state index < -0.39 is 62.0 Å². The molecular weight excluding hydrogens is 442 g/mol. The Labute approximate surface area is 192 Å². The highest BCUT2D eigenvalue weighted by Gasteiger charge is 2.34. The van der Waals surface area contributed by atoms with Gasteiger partial charge in [0.1, 0.15) is 49.0 Å². The molecule has 33 heavy (non-hydrogen) atoms. The van der Waals surface area contributed by atoms with Crippen molar-refractivity contribution in [2.24, 2.45) is 0 Å². The molecule has 0 aliphatic rings. The third-order valence-corrected chi connectivity index (χ3v) is 5.21. The quantitative estimate of drug-likeness (QED) is 0.109. The summed E-state index contributed by atoms with van der Waals surface area (Å²) in [4.78, 5) is 1.37. The van der Waals surface area contributed by atoms with Crippen LogP contribution in [0.2, 0.25) is 0 Å². The molecule has 0 bridgehead atoms. The van der Waals surface area contributed by atoms with E-state index in [2.05, 4.69) is 0 Å². The van der Waals surface area contributed by atoms with Gasteiger partial charge in [-0.15, -0.1) is 0 Å². The van der Waals surface area contributed by atoms with E-state index >= 15 is 0 Å². The number of aliphatic hydroxyl groups is 10. The Kier molecular flexibility index (Phi) is 13.2. The zero-order valence-electron chi connectivity index (χ0n) is 18.5. The summed E-state index contributed by atoms with van der Waals surface area (Å²) in [5.41, 5.74) is 0.967. The van der Waals surface area contributed by atoms with Crippen LogP contribution in [0.25, 0.3) is 0 Å². The van der Waals surface area contributed by atoms with Crippen molar-refractivity contribution in [3.63, 3.8) is 0 Å². The second kappa shape index (κ2) is 14.8. The standard InChI is InChI=1S/C21H37NO11/c1-12-3-2-4-13(7-12)33-6-5-22(8-14(25)18(29)20(31)16(27)10-23)9-15(26)19(30)21(32)17(28)11-24/h2-4,7,14-21,23-32H,5-6,8-11H2,1H3/t14-,15-,16-,17-,18-,19-,20-,21-/m1/s1. The van der Waals surface area contributed by atoms with Crippen molar-refractivity contribution in [2.45, 2.75) is 55.8 Å². The summed E-state index contributed by atoms with van der Waals surface area (Å²) in [6, 6.07) is 7.20. The van der Waals surface area contributed by atoms with Gasteiger partial charge in [-0.25, -0.2) is 0 Å². The van der Waals surface area contributed by atoms with E-state index in [9.17, 15) is 40.9 Å². The van der Waals surface area contributed by atoms with Gasteiger partial charge >= 0.3 is 0 Å². The van der Waals surface area contributed by atoms with Gasteiger partial charge in [-0.2, -0.15) is 0 Å². The van der Waals surface area contributed by atoms with Crippen LogP contribution in [0, 0.1) is 6.92 Å². The zero-order valence-corrected chi connectivity index (χ0v) is 18.5. The summed E-state index contributed by atoms with van der Waals surface area (Å²) in [5, 5.41) is 97.1. The van der Waals surface area contributed by atoms with Gasteiger partial charge in [-0.1, -0.05) is 12.1 Å². The van der Waals surface area contributed by atoms with Gasteiger partial charge in [0.05, 0.1) is 25.4 Å². The molecule has 0 radical (unpaired) electrons. The van der Waals surface area contributed by atoms with Crippen molar-refractivity contribution >= 4 is 0 Å². The van der Waals surface area contributed by atoms with Gasteiger partial charge in [0.15, 0.2) is 0 Å². The monoisotopic (exact) mass is 479 g/mol. The highest BCUT2D eigenvalue weighted by molar-refractivity contribution is 5.27. The number of nitrogens with zero attached hydrogens (tertiary/aromatic N) is 1. The Balaban J connectivity index is 2.83. The largest absolute Gasteiger partial charge is 0.492 e. The summed E-state index contributed by atoms with van der Waals surface area (Å²) in [6.45, 7) is -0.361. The first-order valence-corrected chi connectivity index (χ1v) is 10.6. The fraction of sp³-hybridized carbons (Fsp3) is 0.714. The molecule has 1 aromatic carbocycles. The van der Waals surface area contributed by atoms with E-state index in [1.165, 1.54) is 4.90 Å². The molecule has 192 valence electrons. The number of ether oxygens (including phenoxy) is 1. The lowest BCUT2D eigenvalue weighted by atomic mass is 10.0. The Morgan fingerprint density at radius 2 is 1.18 bits per heavy atom. The summed E-state index contributed by atoms with van der Waals surface area (Å²) in [7, 11) is 0. The van der Waals surface area contributed by atoms with Gasteiger partial charge in [-0.05, 0) is 24.6 Å². The molecule has 0 aliphatic carbocycles. The van der Waals surface area contributed by atoms with E-state index in [0.717, 1.165) is 5.56 Å². The molecule has 1 rings (SSSR count). The van der Waals surface area contributed by atoms with Crippen LogP contribution < -0.4 is 4.74 Å². The number of benzene rings is 1. The first kappa shape index (κ1) is 29.6. The normalized spacial score (nSPS) is 19.4. The molecule has 12 nitrogen and oxygen atoms in total. The number of aryl methyl sites for hydroxylation is 1. The van der Waals surface area contributed by atoms with Crippen LogP contribution in [0.3, 0.4) is 0 Å². The van der Waals surface area contributed by atoms with Crippen LogP contribution >= 0.6 is 0 Å². The number of hydrogen-bond acceptors (Lipinski definition) is 12. The van der Waals surface area contributed by atoms with Crippen molar-refractivity contribution in [1.29, 1.82) is 0 Å². The van der Waals surface area contributed by atoms with Crippen LogP contribution in [0.5, 0.6) is 5.75 Å². The molecule has 0 aromatic heterocycles. The molecule has 8 atom stereocenters. The van der Waals surface area contributed by atoms with Crippen molar-refractivity contribution in [1.82, 2.24) is 4.90 Å². The molecule has 0 fully saturated rings. The predicted octanol–water partition coefficient (Wildman–Crippen LogP) is -4.45. The molecule has 0 saturated heterocycles. The highest BCUT2D eigenvalue weighted by Crippen LogP contribution is 2.14. The Bertz CT molecular complexity index is 637. The molecule has 0 saturated carbocycles. The van der Waals surface area contributed by atoms with Crippen molar-refractivity contribution in [3.8, 4) is 5.75 Å². The van der Waals surface area contributed by atoms with E-state index in [1.54, 1.807) is 18.2 Å². The first-order valence-electron chi connectivity index (χ1n) is 10.6. The number of aliphatic hydroxyl groups excluding tert-OH is 10. The highest BCUT2D eigenvalue weighted by atomic mass is 16.5. The van der Waals surface area contributed by atoms with Crippen molar-refractivity contribution in [2.75, 3.05) is 39.5 Å². The SMILES string of the molecule is Cc1cccc(OCCN(C[C@@H](O)[C@@H](O)[C@H](O)[C@H](O)CO)C[C@@H](O)[C@@H](O)[C@H](O)[C@H](O)CO)c1. The third kappa shape index (κ3) is 9.76. The average Bonchev–Trinajstić information content (AvgIpc) is 2.80. The first-order chi connectivity index (χ1) is 15.5. The Hall–Kier alpha value is -1.42. The molecule has 12 heteroatoms. The van der Waals surface area contributed by atoms with Crippen molar-refractivity contribution < 1.29 is 55.8 Å². The van der Waals surface area contributed by atoms with Crippen LogP contribution in [-0.4, -0.2) is 144 Å². The zero-order chi connectivity index (χ0) is 25.1. The van der Waals surface area contributed by atoms with Crippen LogP contribution in [0.4, 0.5) is 0 Å². The van der Waals surface area contributed by atoms with Gasteiger partial charge in [0.25, 0.3) is 0 Å². The van der Waals surface area contributed by atoms with Crippen molar-refractivity contribution in [3.05, 3.63) is 29.8 Å². The second-order valence-electron chi connectivity index (χ2n) is 8.02. The predicted molar refractivity (Wildman–Crippen MR) is 115 cm³/mol. The molecule has 0 unspecified atom stereocenters. The fourth-order valence-corrected chi connectivity index (χ4v) is 3.13. The molecule has 0 aliphatic heterocycles. The van der Waals surface area contributed by atoms with Crippen LogP contribution in [-0.2, 0) is 0 Å². The lowest BCUT2D eigenvalue weighted by Crippen LogP contribution is -2.53. The van der Waals surface area contributed by atoms with E-state index in [4.69, 9.17) is 14.9 Å². The topological polar surface area (TPSA) is 215 Å². The summed E-state index contributed by atoms with van der Waals surface area (Å²) in [5.74, 6) is 0.569. The lowest BCUT2D eigenvalue weighted by molar-refractivity contribution is -0.130. The second-order valence-corrected chi connectivity index (χ2v) is 8.02. The molecule has 0 heterocycles. The molecule has 1 aromatic rings. The smallest absolute Gasteiger partial charge is 0.119 e. The molecule has 0 spiro atoms. The van der Waals surface area contributed by atoms with Crippen LogP contribution in [0.1, 0.15) is 5.56 Å². The van der Waals surface area contributed by atoms with Crippen LogP contribution in [0.15, 0.2) is 24.3 Å². The summed E-state index contributed by atoms with van der Waals surface area (Å²) >= 11 is 0. The maximum absolute atomic E-state index is 10.3. The lowest BCUT2D eigenvalue weighted by Gasteiger charge is -2.33. The van der Waals surface area contributed by atoms with E-state index in [-0.39, 0.29) is 26.2 Å². The molecular formula is C21H37NO11.